The Kier molecular flexibility index (Phi) is 4.95. The van der Waals surface area contributed by atoms with Crippen molar-refractivity contribution in [3.63, 3.8) is 0 Å². The highest BCUT2D eigenvalue weighted by Gasteiger charge is 2.21. The number of halogens is 2. The van der Waals surface area contributed by atoms with Crippen molar-refractivity contribution in [3.8, 4) is 22.3 Å². The van der Waals surface area contributed by atoms with Crippen LogP contribution in [0.3, 0.4) is 0 Å². The lowest BCUT2D eigenvalue weighted by molar-refractivity contribution is 0.525. The number of benzene rings is 7. The standard InChI is InChI=1S/C44H22F2N2/c45-41-37-19-29(27-16-26-11-14-34-31-7-3-1-5-24(31)15-28(17-27)39(26)34)21-47-43(37)44-38(42(41)46)20-30(22-48-44)33-12-9-23-10-13-35-32-8-4-2-6-25(32)18-36(33)40(23)35/h1-22H. The van der Waals surface area contributed by atoms with Gasteiger partial charge in [0.2, 0.25) is 0 Å². The molecule has 7 aromatic carbocycles. The molecule has 0 amide bonds. The Balaban J connectivity index is 1.08. The quantitative estimate of drug-likeness (QED) is 0.143. The molecule has 222 valence electrons. The van der Waals surface area contributed by atoms with Crippen LogP contribution in [0.5, 0.6) is 0 Å². The Labute approximate surface area is 272 Å². The largest absolute Gasteiger partial charge is 0.253 e. The van der Waals surface area contributed by atoms with Crippen LogP contribution in [0, 0.1) is 11.6 Å². The van der Waals surface area contributed by atoms with Gasteiger partial charge in [0.15, 0.2) is 11.6 Å². The highest BCUT2D eigenvalue weighted by atomic mass is 19.2. The summed E-state index contributed by atoms with van der Waals surface area (Å²) in [6.45, 7) is 0. The van der Waals surface area contributed by atoms with Gasteiger partial charge in [-0.05, 0) is 113 Å². The minimum absolute atomic E-state index is 0.117. The third kappa shape index (κ3) is 3.38. The first-order chi connectivity index (χ1) is 23.6. The van der Waals surface area contributed by atoms with E-state index < -0.39 is 11.6 Å². The Morgan fingerprint density at radius 3 is 1.79 bits per heavy atom. The highest BCUT2D eigenvalue weighted by molar-refractivity contribution is 6.19. The van der Waals surface area contributed by atoms with E-state index in [-0.39, 0.29) is 10.8 Å². The van der Waals surface area contributed by atoms with Gasteiger partial charge in [0.25, 0.3) is 0 Å². The van der Waals surface area contributed by atoms with Crippen molar-refractivity contribution < 1.29 is 8.78 Å². The normalized spacial score (nSPS) is 13.0. The SMILES string of the molecule is Fc1c(F)c2cc(-c3ccc4c5c(c6ccccc6cc35)C=C4)cnc2c2ncc(-c3cc4c5c(c6ccccc6cc5c3)C=C4)cc12. The van der Waals surface area contributed by atoms with Gasteiger partial charge in [-0.15, -0.1) is 0 Å². The van der Waals surface area contributed by atoms with Crippen molar-refractivity contribution >= 4 is 89.2 Å². The summed E-state index contributed by atoms with van der Waals surface area (Å²) in [4.78, 5) is 9.44. The van der Waals surface area contributed by atoms with Crippen molar-refractivity contribution in [3.05, 3.63) is 143 Å². The predicted molar refractivity (Wildman–Crippen MR) is 196 cm³/mol. The second kappa shape index (κ2) is 9.18. The van der Waals surface area contributed by atoms with Crippen LogP contribution >= 0.6 is 0 Å². The van der Waals surface area contributed by atoms with E-state index in [4.69, 9.17) is 9.97 Å². The molecular formula is C44H22F2N2. The summed E-state index contributed by atoms with van der Waals surface area (Å²) in [5, 5.41) is 9.49. The molecule has 2 aromatic heterocycles. The van der Waals surface area contributed by atoms with Crippen LogP contribution in [0.1, 0.15) is 22.3 Å². The number of nitrogens with zero attached hydrogens (tertiary/aromatic N) is 2. The fraction of sp³-hybridized carbons (Fsp3) is 0. The third-order valence-electron chi connectivity index (χ3n) is 10.3. The summed E-state index contributed by atoms with van der Waals surface area (Å²) >= 11 is 0. The summed E-state index contributed by atoms with van der Waals surface area (Å²) in [5.74, 6) is -1.83. The van der Waals surface area contributed by atoms with Gasteiger partial charge >= 0.3 is 0 Å². The maximum atomic E-state index is 16.0. The van der Waals surface area contributed by atoms with E-state index in [2.05, 4.69) is 91.0 Å². The lowest BCUT2D eigenvalue weighted by Crippen LogP contribution is -1.96. The summed E-state index contributed by atoms with van der Waals surface area (Å²) in [6.07, 6.45) is 12.1. The van der Waals surface area contributed by atoms with Gasteiger partial charge in [0.05, 0.1) is 11.0 Å². The summed E-state index contributed by atoms with van der Waals surface area (Å²) in [5.41, 5.74) is 8.61. The van der Waals surface area contributed by atoms with E-state index in [0.29, 0.717) is 11.0 Å². The molecule has 0 radical (unpaired) electrons. The molecule has 0 fully saturated rings. The average molecular weight is 617 g/mol. The molecular weight excluding hydrogens is 594 g/mol. The molecule has 0 N–H and O–H groups in total. The molecule has 0 aliphatic heterocycles. The molecule has 0 atom stereocenters. The van der Waals surface area contributed by atoms with Crippen LogP contribution in [-0.2, 0) is 0 Å². The van der Waals surface area contributed by atoms with E-state index in [1.807, 2.05) is 18.2 Å². The first-order valence-electron chi connectivity index (χ1n) is 16.0. The topological polar surface area (TPSA) is 25.8 Å². The van der Waals surface area contributed by atoms with Crippen molar-refractivity contribution in [2.45, 2.75) is 0 Å². The van der Waals surface area contributed by atoms with Crippen LogP contribution in [0.25, 0.3) is 111 Å². The van der Waals surface area contributed by atoms with Crippen molar-refractivity contribution in [2.75, 3.05) is 0 Å². The Morgan fingerprint density at radius 1 is 0.417 bits per heavy atom. The zero-order valence-corrected chi connectivity index (χ0v) is 25.4. The minimum Gasteiger partial charge on any atom is -0.253 e. The number of rotatable bonds is 2. The number of fused-ring (bicyclic) bond motifs is 7. The summed E-state index contributed by atoms with van der Waals surface area (Å²) in [6, 6.07) is 32.8. The smallest absolute Gasteiger partial charge is 0.169 e. The zero-order valence-electron chi connectivity index (χ0n) is 25.4. The third-order valence-corrected chi connectivity index (χ3v) is 10.3. The van der Waals surface area contributed by atoms with Crippen molar-refractivity contribution in [1.29, 1.82) is 0 Å². The molecule has 11 rings (SSSR count). The van der Waals surface area contributed by atoms with Crippen LogP contribution < -0.4 is 0 Å². The molecule has 48 heavy (non-hydrogen) atoms. The van der Waals surface area contributed by atoms with Crippen LogP contribution in [-0.4, -0.2) is 9.97 Å². The van der Waals surface area contributed by atoms with E-state index in [1.165, 1.54) is 32.7 Å². The first-order valence-corrected chi connectivity index (χ1v) is 16.0. The molecule has 2 aliphatic carbocycles. The van der Waals surface area contributed by atoms with Gasteiger partial charge in [-0.3, -0.25) is 9.97 Å². The Morgan fingerprint density at radius 2 is 1.04 bits per heavy atom. The fourth-order valence-electron chi connectivity index (χ4n) is 8.09. The molecule has 9 aromatic rings. The molecule has 2 aliphatic rings. The van der Waals surface area contributed by atoms with Gasteiger partial charge in [-0.2, -0.15) is 0 Å². The first kappa shape index (κ1) is 25.9. The van der Waals surface area contributed by atoms with Gasteiger partial charge in [0, 0.05) is 34.3 Å². The monoisotopic (exact) mass is 616 g/mol. The van der Waals surface area contributed by atoms with Crippen molar-refractivity contribution in [2.24, 2.45) is 0 Å². The minimum atomic E-state index is -0.917. The molecule has 2 nitrogen and oxygen atoms in total. The van der Waals surface area contributed by atoms with E-state index in [0.717, 1.165) is 54.9 Å². The maximum Gasteiger partial charge on any atom is 0.169 e. The molecule has 0 saturated heterocycles. The molecule has 2 heterocycles. The van der Waals surface area contributed by atoms with E-state index in [9.17, 15) is 0 Å². The van der Waals surface area contributed by atoms with Crippen LogP contribution in [0.15, 0.2) is 109 Å². The number of pyridine rings is 2. The zero-order chi connectivity index (χ0) is 31.7. The summed E-state index contributed by atoms with van der Waals surface area (Å²) in [7, 11) is 0. The maximum absolute atomic E-state index is 16.0. The molecule has 0 saturated carbocycles. The Bertz CT molecular complexity index is 3030. The number of hydrogen-bond acceptors (Lipinski definition) is 2. The lowest BCUT2D eigenvalue weighted by atomic mass is 9.91. The van der Waals surface area contributed by atoms with Crippen LogP contribution in [0.2, 0.25) is 0 Å². The lowest BCUT2D eigenvalue weighted by Gasteiger charge is -2.14. The van der Waals surface area contributed by atoms with Gasteiger partial charge < -0.3 is 0 Å². The van der Waals surface area contributed by atoms with E-state index in [1.54, 1.807) is 24.5 Å². The Hall–Kier alpha value is -6.26. The highest BCUT2D eigenvalue weighted by Crippen LogP contribution is 2.43. The molecule has 4 heteroatoms. The predicted octanol–water partition coefficient (Wildman–Crippen LogP) is 12.0. The fourth-order valence-corrected chi connectivity index (χ4v) is 8.09. The van der Waals surface area contributed by atoms with Crippen molar-refractivity contribution in [1.82, 2.24) is 9.97 Å². The second-order valence-corrected chi connectivity index (χ2v) is 12.8. The number of aromatic nitrogens is 2. The average Bonchev–Trinajstić information content (AvgIpc) is 3.77. The van der Waals surface area contributed by atoms with Gasteiger partial charge in [-0.1, -0.05) is 85.0 Å². The van der Waals surface area contributed by atoms with Crippen LogP contribution in [0.4, 0.5) is 8.78 Å². The van der Waals surface area contributed by atoms with E-state index >= 15 is 8.78 Å². The van der Waals surface area contributed by atoms with Gasteiger partial charge in [0.1, 0.15) is 0 Å². The second-order valence-electron chi connectivity index (χ2n) is 12.8. The number of hydrogen-bond donors (Lipinski definition) is 0. The van der Waals surface area contributed by atoms with Gasteiger partial charge in [-0.25, -0.2) is 8.78 Å². The summed E-state index contributed by atoms with van der Waals surface area (Å²) < 4.78 is 32.1. The molecule has 0 bridgehead atoms. The molecule has 0 unspecified atom stereocenters. The molecule has 0 spiro atoms.